The molecule has 0 aliphatic carbocycles. The number of carbonyl (C=O) groups is 2. The van der Waals surface area contributed by atoms with E-state index >= 15 is 0 Å². The van der Waals surface area contributed by atoms with Gasteiger partial charge in [-0.2, -0.15) is 0 Å². The predicted molar refractivity (Wildman–Crippen MR) is 92.6 cm³/mol. The molecule has 28 heavy (non-hydrogen) atoms. The Hall–Kier alpha value is -3.96. The van der Waals surface area contributed by atoms with Gasteiger partial charge in [0.05, 0.1) is 22.2 Å². The molecule has 12 heteroatoms. The molecule has 0 bridgehead atoms. The molecule has 3 aromatic rings. The Balaban J connectivity index is 1.69. The lowest BCUT2D eigenvalue weighted by Crippen LogP contribution is -2.32. The van der Waals surface area contributed by atoms with Gasteiger partial charge in [0.1, 0.15) is 6.54 Å². The van der Waals surface area contributed by atoms with Crippen LogP contribution in [-0.2, 0) is 20.9 Å². The Bertz CT molecular complexity index is 1130. The summed E-state index contributed by atoms with van der Waals surface area (Å²) in [6.07, 6.45) is -1.17. The second-order valence-corrected chi connectivity index (χ2v) is 5.82. The van der Waals surface area contributed by atoms with E-state index in [2.05, 4.69) is 10.5 Å². The maximum absolute atomic E-state index is 12.1. The Kier molecular flexibility index (Phi) is 4.94. The second-order valence-electron chi connectivity index (χ2n) is 5.82. The van der Waals surface area contributed by atoms with Crippen molar-refractivity contribution in [2.24, 2.45) is 0 Å². The van der Waals surface area contributed by atoms with E-state index in [1.54, 1.807) is 6.92 Å². The van der Waals surface area contributed by atoms with Gasteiger partial charge in [-0.15, -0.1) is 0 Å². The number of nitrogens with one attached hydrogen (secondary N) is 1. The van der Waals surface area contributed by atoms with Crippen molar-refractivity contribution in [3.05, 3.63) is 50.6 Å². The minimum atomic E-state index is -1.17. The van der Waals surface area contributed by atoms with Gasteiger partial charge in [0.2, 0.25) is 5.88 Å². The molecule has 12 nitrogen and oxygen atoms in total. The van der Waals surface area contributed by atoms with Crippen molar-refractivity contribution in [3.8, 4) is 0 Å². The third-order valence-corrected chi connectivity index (χ3v) is 3.70. The topological polar surface area (TPSA) is 160 Å². The van der Waals surface area contributed by atoms with E-state index in [9.17, 15) is 24.5 Å². The Labute approximate surface area is 155 Å². The van der Waals surface area contributed by atoms with E-state index in [1.165, 1.54) is 25.1 Å². The van der Waals surface area contributed by atoms with E-state index in [-0.39, 0.29) is 22.7 Å². The number of rotatable bonds is 6. The first kappa shape index (κ1) is 18.8. The van der Waals surface area contributed by atoms with E-state index in [1.807, 2.05) is 0 Å². The molecule has 0 aliphatic rings. The van der Waals surface area contributed by atoms with Crippen LogP contribution in [0.1, 0.15) is 12.6 Å². The monoisotopic (exact) mass is 390 g/mol. The molecular weight excluding hydrogens is 376 g/mol. The van der Waals surface area contributed by atoms with Crippen LogP contribution in [0.5, 0.6) is 0 Å². The molecular formula is C16H14N4O8. The zero-order valence-electron chi connectivity index (χ0n) is 14.7. The number of aryl methyl sites for hydroxylation is 1. The number of hydrogen-bond donors (Lipinski definition) is 1. The number of nitro benzene ring substituents is 1. The highest BCUT2D eigenvalue weighted by atomic mass is 16.6. The van der Waals surface area contributed by atoms with Crippen molar-refractivity contribution in [2.45, 2.75) is 26.5 Å². The number of non-ortho nitro benzene ring substituents is 1. The molecule has 2 heterocycles. The number of aromatic nitrogens is 2. The van der Waals surface area contributed by atoms with Gasteiger partial charge in [-0.25, -0.2) is 4.79 Å². The summed E-state index contributed by atoms with van der Waals surface area (Å²) in [5.41, 5.74) is 0.440. The summed E-state index contributed by atoms with van der Waals surface area (Å²) >= 11 is 0. The van der Waals surface area contributed by atoms with Crippen LogP contribution in [0.15, 0.2) is 38.0 Å². The van der Waals surface area contributed by atoms with E-state index in [0.29, 0.717) is 5.69 Å². The Morgan fingerprint density at radius 1 is 1.39 bits per heavy atom. The lowest BCUT2D eigenvalue weighted by atomic mass is 10.3. The molecule has 146 valence electrons. The van der Waals surface area contributed by atoms with Gasteiger partial charge in [-0.05, 0) is 19.9 Å². The average Bonchev–Trinajstić information content (AvgIpc) is 3.17. The lowest BCUT2D eigenvalue weighted by molar-refractivity contribution is -0.384. The average molecular weight is 390 g/mol. The fraction of sp³-hybridized carbons (Fsp3) is 0.250. The highest BCUT2D eigenvalue weighted by Crippen LogP contribution is 2.20. The molecule has 2 aromatic heterocycles. The van der Waals surface area contributed by atoms with Crippen molar-refractivity contribution in [1.29, 1.82) is 0 Å². The normalized spacial score (nSPS) is 11.9. The second kappa shape index (κ2) is 7.34. The zero-order valence-corrected chi connectivity index (χ0v) is 14.7. The van der Waals surface area contributed by atoms with E-state index in [0.717, 1.165) is 10.6 Å². The number of ether oxygens (including phenoxy) is 1. The number of benzene rings is 1. The van der Waals surface area contributed by atoms with Crippen LogP contribution in [0.4, 0.5) is 11.6 Å². The standard InChI is InChI=1S/C16H14N4O8/c1-8-5-13(28-18-8)17-15(22)9(2)26-14(21)7-19-11-4-3-10(20(24)25)6-12(11)27-16(19)23/h3-6,9H,7H2,1-2H3,(H,17,22). The molecule has 1 aromatic carbocycles. The summed E-state index contributed by atoms with van der Waals surface area (Å²) in [7, 11) is 0. The van der Waals surface area contributed by atoms with Crippen LogP contribution < -0.4 is 11.1 Å². The number of hydrogen-bond acceptors (Lipinski definition) is 9. The van der Waals surface area contributed by atoms with Crippen molar-refractivity contribution in [1.82, 2.24) is 9.72 Å². The van der Waals surface area contributed by atoms with Crippen molar-refractivity contribution in [2.75, 3.05) is 5.32 Å². The fourth-order valence-corrected chi connectivity index (χ4v) is 2.38. The Morgan fingerprint density at radius 2 is 2.14 bits per heavy atom. The summed E-state index contributed by atoms with van der Waals surface area (Å²) in [4.78, 5) is 46.2. The maximum Gasteiger partial charge on any atom is 0.420 e. The third kappa shape index (κ3) is 3.90. The van der Waals surface area contributed by atoms with Crippen LogP contribution in [-0.4, -0.2) is 32.6 Å². The SMILES string of the molecule is Cc1cc(NC(=O)C(C)OC(=O)Cn2c(=O)oc3cc([N+](=O)[O-])ccc32)on1. The molecule has 3 rings (SSSR count). The largest absolute Gasteiger partial charge is 0.451 e. The number of carbonyl (C=O) groups excluding carboxylic acids is 2. The first-order valence-corrected chi connectivity index (χ1v) is 7.96. The third-order valence-electron chi connectivity index (χ3n) is 3.70. The van der Waals surface area contributed by atoms with Crippen LogP contribution in [0.3, 0.4) is 0 Å². The van der Waals surface area contributed by atoms with Gasteiger partial charge >= 0.3 is 11.7 Å². The van der Waals surface area contributed by atoms with Crippen molar-refractivity contribution < 1.29 is 28.2 Å². The van der Waals surface area contributed by atoms with Crippen LogP contribution >= 0.6 is 0 Å². The van der Waals surface area contributed by atoms with Gasteiger partial charge in [0, 0.05) is 12.1 Å². The molecule has 0 aliphatic heterocycles. The summed E-state index contributed by atoms with van der Waals surface area (Å²) in [6.45, 7) is 2.48. The van der Waals surface area contributed by atoms with Crippen molar-refractivity contribution >= 4 is 34.5 Å². The minimum Gasteiger partial charge on any atom is -0.451 e. The number of anilines is 1. The van der Waals surface area contributed by atoms with E-state index < -0.39 is 35.2 Å². The van der Waals surface area contributed by atoms with Crippen LogP contribution in [0.25, 0.3) is 11.1 Å². The molecule has 1 N–H and O–H groups in total. The Morgan fingerprint density at radius 3 is 2.79 bits per heavy atom. The number of esters is 1. The molecule has 0 saturated carbocycles. The number of fused-ring (bicyclic) bond motifs is 1. The van der Waals surface area contributed by atoms with Crippen molar-refractivity contribution in [3.63, 3.8) is 0 Å². The lowest BCUT2D eigenvalue weighted by Gasteiger charge is -2.12. The fourth-order valence-electron chi connectivity index (χ4n) is 2.38. The van der Waals surface area contributed by atoms with Gasteiger partial charge in [0.25, 0.3) is 11.6 Å². The molecule has 0 radical (unpaired) electrons. The van der Waals surface area contributed by atoms with Gasteiger partial charge in [0.15, 0.2) is 11.7 Å². The zero-order chi connectivity index (χ0) is 20.4. The number of nitro groups is 1. The summed E-state index contributed by atoms with van der Waals surface area (Å²) in [5, 5.41) is 16.8. The summed E-state index contributed by atoms with van der Waals surface area (Å²) in [6, 6.07) is 5.03. The molecule has 0 fully saturated rings. The first-order valence-electron chi connectivity index (χ1n) is 7.96. The molecule has 1 atom stereocenters. The molecule has 1 unspecified atom stereocenters. The molecule has 1 amide bonds. The number of amides is 1. The van der Waals surface area contributed by atoms with Crippen LogP contribution in [0.2, 0.25) is 0 Å². The summed E-state index contributed by atoms with van der Waals surface area (Å²) < 4.78 is 15.7. The highest BCUT2D eigenvalue weighted by Gasteiger charge is 2.22. The van der Waals surface area contributed by atoms with Gasteiger partial charge in [-0.3, -0.25) is 29.6 Å². The minimum absolute atomic E-state index is 0.0431. The van der Waals surface area contributed by atoms with Crippen LogP contribution in [0, 0.1) is 17.0 Å². The predicted octanol–water partition coefficient (Wildman–Crippen LogP) is 1.37. The van der Waals surface area contributed by atoms with Gasteiger partial charge < -0.3 is 13.7 Å². The number of oxazole rings is 1. The number of nitrogens with zero attached hydrogens (tertiary/aromatic N) is 3. The first-order chi connectivity index (χ1) is 13.2. The quantitative estimate of drug-likeness (QED) is 0.372. The summed E-state index contributed by atoms with van der Waals surface area (Å²) in [5.74, 6) is -2.31. The van der Waals surface area contributed by atoms with Gasteiger partial charge in [-0.1, -0.05) is 5.16 Å². The molecule has 0 saturated heterocycles. The van der Waals surface area contributed by atoms with E-state index in [4.69, 9.17) is 13.7 Å². The smallest absolute Gasteiger partial charge is 0.420 e. The maximum atomic E-state index is 12.1. The molecule has 0 spiro atoms. The highest BCUT2D eigenvalue weighted by molar-refractivity contribution is 5.94.